The van der Waals surface area contributed by atoms with Gasteiger partial charge in [-0.25, -0.2) is 5.84 Å². The van der Waals surface area contributed by atoms with Crippen LogP contribution in [0.25, 0.3) is 0 Å². The molecule has 0 aliphatic rings. The summed E-state index contributed by atoms with van der Waals surface area (Å²) < 4.78 is 40.0. The Morgan fingerprint density at radius 1 is 1.40 bits per heavy atom. The smallest absolute Gasteiger partial charge is 0.392 e. The Hall–Kier alpha value is -1.57. The van der Waals surface area contributed by atoms with E-state index in [2.05, 4.69) is 15.4 Å². The molecule has 15 heavy (non-hydrogen) atoms. The maximum atomic E-state index is 11.8. The first kappa shape index (κ1) is 11.5. The number of alkyl halides is 3. The molecule has 0 bridgehead atoms. The molecule has 1 aromatic heterocycles. The summed E-state index contributed by atoms with van der Waals surface area (Å²) in [6, 6.07) is 0. The van der Waals surface area contributed by atoms with Crippen LogP contribution in [0.4, 0.5) is 19.0 Å². The van der Waals surface area contributed by atoms with Crippen molar-refractivity contribution in [3.63, 3.8) is 0 Å². The van der Waals surface area contributed by atoms with E-state index in [-0.39, 0.29) is 11.7 Å². The highest BCUT2D eigenvalue weighted by Gasteiger charge is 2.26. The number of aromatic nitrogens is 2. The van der Waals surface area contributed by atoms with Gasteiger partial charge in [-0.15, -0.1) is 0 Å². The minimum absolute atomic E-state index is 0.00491. The highest BCUT2D eigenvalue weighted by molar-refractivity contribution is 5.31. The second-order valence-corrected chi connectivity index (χ2v) is 2.60. The van der Waals surface area contributed by atoms with Crippen LogP contribution in [0.5, 0.6) is 5.88 Å². The van der Waals surface area contributed by atoms with Gasteiger partial charge >= 0.3 is 6.18 Å². The molecule has 0 aliphatic heterocycles. The molecule has 3 N–H and O–H groups in total. The van der Waals surface area contributed by atoms with E-state index in [9.17, 15) is 13.2 Å². The fraction of sp³-hybridized carbons (Fsp3) is 0.429. The fourth-order valence-electron chi connectivity index (χ4n) is 0.758. The number of nitrogens with two attached hydrogens (primary N) is 1. The standard InChI is InChI=1S/C7H9F3N4O/c8-7(9,10)1-2-15-6-4-12-3-5(13-6)14-11/h3-4H,1-2,11H2,(H,13,14). The van der Waals surface area contributed by atoms with Crippen molar-refractivity contribution >= 4 is 5.82 Å². The first-order valence-electron chi connectivity index (χ1n) is 3.99. The monoisotopic (exact) mass is 222 g/mol. The largest absolute Gasteiger partial charge is 0.476 e. The van der Waals surface area contributed by atoms with Crippen molar-refractivity contribution in [1.82, 2.24) is 9.97 Å². The molecule has 84 valence electrons. The lowest BCUT2D eigenvalue weighted by molar-refractivity contribution is -0.139. The number of hydrogen-bond acceptors (Lipinski definition) is 5. The Balaban J connectivity index is 2.44. The molecule has 0 radical (unpaired) electrons. The Morgan fingerprint density at radius 3 is 2.73 bits per heavy atom. The summed E-state index contributed by atoms with van der Waals surface area (Å²) in [7, 11) is 0. The molecule has 0 saturated heterocycles. The third-order valence-corrected chi connectivity index (χ3v) is 1.40. The van der Waals surface area contributed by atoms with E-state index in [0.29, 0.717) is 0 Å². The zero-order valence-electron chi connectivity index (χ0n) is 7.58. The lowest BCUT2D eigenvalue weighted by Crippen LogP contribution is -2.14. The SMILES string of the molecule is NNc1cncc(OCCC(F)(F)F)n1. The molecule has 0 spiro atoms. The molecule has 0 aromatic carbocycles. The zero-order valence-corrected chi connectivity index (χ0v) is 7.58. The van der Waals surface area contributed by atoms with Crippen molar-refractivity contribution < 1.29 is 17.9 Å². The number of nitrogens with one attached hydrogen (secondary N) is 1. The zero-order chi connectivity index (χ0) is 11.3. The van der Waals surface area contributed by atoms with Crippen LogP contribution < -0.4 is 16.0 Å². The van der Waals surface area contributed by atoms with Crippen molar-refractivity contribution in [1.29, 1.82) is 0 Å². The van der Waals surface area contributed by atoms with Gasteiger partial charge in [-0.3, -0.25) is 4.98 Å². The maximum Gasteiger partial charge on any atom is 0.392 e. The maximum absolute atomic E-state index is 11.8. The van der Waals surface area contributed by atoms with E-state index in [4.69, 9.17) is 10.6 Å². The van der Waals surface area contributed by atoms with Crippen LogP contribution in [-0.2, 0) is 0 Å². The summed E-state index contributed by atoms with van der Waals surface area (Å²) in [5, 5.41) is 0. The predicted octanol–water partition coefficient (Wildman–Crippen LogP) is 1.09. The summed E-state index contributed by atoms with van der Waals surface area (Å²) >= 11 is 0. The average molecular weight is 222 g/mol. The van der Waals surface area contributed by atoms with Gasteiger partial charge in [0.25, 0.3) is 0 Å². The second-order valence-electron chi connectivity index (χ2n) is 2.60. The van der Waals surface area contributed by atoms with Crippen LogP contribution in [0.15, 0.2) is 12.4 Å². The summed E-state index contributed by atoms with van der Waals surface area (Å²) in [6.45, 7) is -0.494. The minimum atomic E-state index is -4.24. The molecule has 5 nitrogen and oxygen atoms in total. The molecule has 1 heterocycles. The Morgan fingerprint density at radius 2 is 2.13 bits per heavy atom. The lowest BCUT2D eigenvalue weighted by Gasteiger charge is -2.08. The molecule has 0 aliphatic carbocycles. The molecule has 1 aromatic rings. The highest BCUT2D eigenvalue weighted by Crippen LogP contribution is 2.19. The molecular weight excluding hydrogens is 213 g/mol. The number of halogens is 3. The van der Waals surface area contributed by atoms with Gasteiger partial charge in [-0.2, -0.15) is 18.2 Å². The summed E-state index contributed by atoms with van der Waals surface area (Å²) in [5.74, 6) is 5.25. The van der Waals surface area contributed by atoms with Crippen LogP contribution in [0.1, 0.15) is 6.42 Å². The molecule has 1 rings (SSSR count). The van der Waals surface area contributed by atoms with Crippen LogP contribution in [0.2, 0.25) is 0 Å². The number of ether oxygens (including phenoxy) is 1. The fourth-order valence-corrected chi connectivity index (χ4v) is 0.758. The molecule has 0 atom stereocenters. The van der Waals surface area contributed by atoms with Gasteiger partial charge in [0.05, 0.1) is 25.4 Å². The van der Waals surface area contributed by atoms with Crippen LogP contribution in [0, 0.1) is 0 Å². The number of nitrogen functional groups attached to an aromatic ring is 1. The first-order valence-corrected chi connectivity index (χ1v) is 3.99. The van der Waals surface area contributed by atoms with E-state index >= 15 is 0 Å². The molecular formula is C7H9F3N4O. The number of hydrogen-bond donors (Lipinski definition) is 2. The van der Waals surface area contributed by atoms with Crippen LogP contribution >= 0.6 is 0 Å². The predicted molar refractivity (Wildman–Crippen MR) is 46.0 cm³/mol. The summed E-state index contributed by atoms with van der Waals surface area (Å²) in [5.41, 5.74) is 2.20. The Bertz CT molecular complexity index is 317. The van der Waals surface area contributed by atoms with Gasteiger partial charge in [0.1, 0.15) is 0 Å². The van der Waals surface area contributed by atoms with Gasteiger partial charge < -0.3 is 10.2 Å². The van der Waals surface area contributed by atoms with E-state index < -0.39 is 19.2 Å². The molecule has 0 unspecified atom stereocenters. The number of rotatable bonds is 4. The van der Waals surface area contributed by atoms with Gasteiger partial charge in [-0.1, -0.05) is 0 Å². The quantitative estimate of drug-likeness (QED) is 0.589. The average Bonchev–Trinajstić information content (AvgIpc) is 2.16. The summed E-state index contributed by atoms with van der Waals surface area (Å²) in [4.78, 5) is 7.38. The van der Waals surface area contributed by atoms with Gasteiger partial charge in [0.2, 0.25) is 5.88 Å². The molecule has 0 saturated carbocycles. The van der Waals surface area contributed by atoms with Crippen LogP contribution in [0.3, 0.4) is 0 Å². The Labute approximate surface area is 83.4 Å². The van der Waals surface area contributed by atoms with E-state index in [1.165, 1.54) is 12.4 Å². The van der Waals surface area contributed by atoms with E-state index in [0.717, 1.165) is 0 Å². The van der Waals surface area contributed by atoms with Gasteiger partial charge in [-0.05, 0) is 0 Å². The van der Waals surface area contributed by atoms with Crippen molar-refractivity contribution in [3.05, 3.63) is 12.4 Å². The van der Waals surface area contributed by atoms with Crippen molar-refractivity contribution in [3.8, 4) is 5.88 Å². The molecule has 0 amide bonds. The summed E-state index contributed by atoms with van der Waals surface area (Å²) in [6.07, 6.45) is -2.75. The topological polar surface area (TPSA) is 73.1 Å². The number of nitrogens with zero attached hydrogens (tertiary/aromatic N) is 2. The minimum Gasteiger partial charge on any atom is -0.476 e. The van der Waals surface area contributed by atoms with E-state index in [1.807, 2.05) is 0 Å². The number of anilines is 1. The second kappa shape index (κ2) is 4.78. The third kappa shape index (κ3) is 4.45. The van der Waals surface area contributed by atoms with Gasteiger partial charge in [0.15, 0.2) is 5.82 Å². The normalized spacial score (nSPS) is 11.2. The van der Waals surface area contributed by atoms with E-state index in [1.54, 1.807) is 0 Å². The highest BCUT2D eigenvalue weighted by atomic mass is 19.4. The molecule has 0 fully saturated rings. The third-order valence-electron chi connectivity index (χ3n) is 1.40. The Kier molecular flexibility index (Phi) is 3.67. The van der Waals surface area contributed by atoms with Gasteiger partial charge in [0, 0.05) is 0 Å². The van der Waals surface area contributed by atoms with Crippen molar-refractivity contribution in [2.24, 2.45) is 5.84 Å². The van der Waals surface area contributed by atoms with Crippen LogP contribution in [-0.4, -0.2) is 22.8 Å². The lowest BCUT2D eigenvalue weighted by atomic mass is 10.4. The number of hydrazine groups is 1. The van der Waals surface area contributed by atoms with Crippen molar-refractivity contribution in [2.75, 3.05) is 12.0 Å². The molecule has 8 heteroatoms. The van der Waals surface area contributed by atoms with Crippen molar-refractivity contribution in [2.45, 2.75) is 12.6 Å². The first-order chi connectivity index (χ1) is 7.01.